The molecule has 16 heavy (non-hydrogen) atoms. The number of hydrogen-bond acceptors (Lipinski definition) is 4. The Morgan fingerprint density at radius 1 is 1.38 bits per heavy atom. The van der Waals surface area contributed by atoms with Crippen LogP contribution in [0.5, 0.6) is 0 Å². The molecule has 0 heterocycles. The van der Waals surface area contributed by atoms with Crippen molar-refractivity contribution in [1.29, 1.82) is 5.26 Å². The second kappa shape index (κ2) is 5.83. The summed E-state index contributed by atoms with van der Waals surface area (Å²) in [5.41, 5.74) is 0.721. The van der Waals surface area contributed by atoms with Crippen LogP contribution in [0.3, 0.4) is 0 Å². The molecule has 0 saturated heterocycles. The SMILES string of the molecule is CNC(=O)/C(C#N)=C(\S)Nc1ccccc1. The zero-order valence-electron chi connectivity index (χ0n) is 8.69. The standard InChI is InChI=1S/C11H11N3OS/c1-13-10(15)9(7-12)11(16)14-8-5-3-2-4-6-8/h2-6,14,16H,1H3,(H,13,15)/b11-9-. The van der Waals surface area contributed by atoms with Crippen molar-refractivity contribution in [2.75, 3.05) is 12.4 Å². The number of carbonyl (C=O) groups excluding carboxylic acids is 1. The highest BCUT2D eigenvalue weighted by Crippen LogP contribution is 2.14. The minimum atomic E-state index is -0.462. The van der Waals surface area contributed by atoms with Crippen LogP contribution in [-0.4, -0.2) is 13.0 Å². The molecule has 0 spiro atoms. The van der Waals surface area contributed by atoms with E-state index in [2.05, 4.69) is 23.3 Å². The van der Waals surface area contributed by atoms with Gasteiger partial charge in [-0.1, -0.05) is 18.2 Å². The maximum Gasteiger partial charge on any atom is 0.264 e. The quantitative estimate of drug-likeness (QED) is 0.421. The summed E-state index contributed by atoms with van der Waals surface area (Å²) in [5, 5.41) is 14.3. The van der Waals surface area contributed by atoms with E-state index in [4.69, 9.17) is 5.26 Å². The van der Waals surface area contributed by atoms with Gasteiger partial charge in [0.15, 0.2) is 0 Å². The molecule has 5 heteroatoms. The van der Waals surface area contributed by atoms with Crippen LogP contribution in [-0.2, 0) is 4.79 Å². The number of rotatable bonds is 3. The molecule has 0 saturated carbocycles. The number of carbonyl (C=O) groups is 1. The average Bonchev–Trinajstić information content (AvgIpc) is 2.31. The molecule has 0 bridgehead atoms. The van der Waals surface area contributed by atoms with Gasteiger partial charge in [-0.2, -0.15) is 5.26 Å². The molecule has 0 aliphatic carbocycles. The predicted molar refractivity (Wildman–Crippen MR) is 65.8 cm³/mol. The van der Waals surface area contributed by atoms with E-state index in [1.54, 1.807) is 6.07 Å². The fourth-order valence-corrected chi connectivity index (χ4v) is 1.34. The molecule has 82 valence electrons. The second-order valence-electron chi connectivity index (χ2n) is 2.91. The first-order valence-electron chi connectivity index (χ1n) is 4.56. The Balaban J connectivity index is 2.92. The molecule has 0 aromatic heterocycles. The van der Waals surface area contributed by atoms with E-state index in [9.17, 15) is 4.79 Å². The molecule has 0 aliphatic rings. The van der Waals surface area contributed by atoms with Crippen molar-refractivity contribution in [3.05, 3.63) is 40.9 Å². The fraction of sp³-hybridized carbons (Fsp3) is 0.0909. The highest BCUT2D eigenvalue weighted by atomic mass is 32.1. The molecular formula is C11H11N3OS. The van der Waals surface area contributed by atoms with Gasteiger partial charge in [-0.15, -0.1) is 12.6 Å². The number of amides is 1. The van der Waals surface area contributed by atoms with Gasteiger partial charge in [0.05, 0.1) is 5.03 Å². The number of para-hydroxylation sites is 1. The summed E-state index contributed by atoms with van der Waals surface area (Å²) in [4.78, 5) is 11.3. The molecule has 0 unspecified atom stereocenters. The van der Waals surface area contributed by atoms with E-state index < -0.39 is 5.91 Å². The first-order chi connectivity index (χ1) is 7.69. The van der Waals surface area contributed by atoms with Crippen LogP contribution >= 0.6 is 12.6 Å². The van der Waals surface area contributed by atoms with Gasteiger partial charge in [0.2, 0.25) is 0 Å². The van der Waals surface area contributed by atoms with Crippen LogP contribution in [0.15, 0.2) is 40.9 Å². The summed E-state index contributed by atoms with van der Waals surface area (Å²) in [6, 6.07) is 11.0. The van der Waals surface area contributed by atoms with E-state index in [1.165, 1.54) is 7.05 Å². The highest BCUT2D eigenvalue weighted by molar-refractivity contribution is 7.84. The lowest BCUT2D eigenvalue weighted by Gasteiger charge is -2.07. The predicted octanol–water partition coefficient (Wildman–Crippen LogP) is 1.51. The number of thiol groups is 1. The Kier molecular flexibility index (Phi) is 4.42. The average molecular weight is 233 g/mol. The Morgan fingerprint density at radius 2 is 2.00 bits per heavy atom. The number of likely N-dealkylation sites (N-methyl/N-ethyl adjacent to an activating group) is 1. The molecule has 0 aliphatic heterocycles. The van der Waals surface area contributed by atoms with Crippen molar-refractivity contribution < 1.29 is 4.79 Å². The van der Waals surface area contributed by atoms with Gasteiger partial charge < -0.3 is 10.6 Å². The molecule has 1 aromatic carbocycles. The van der Waals surface area contributed by atoms with Crippen molar-refractivity contribution in [1.82, 2.24) is 5.32 Å². The Labute approximate surface area is 99.4 Å². The Bertz CT molecular complexity index is 448. The molecule has 0 fully saturated rings. The van der Waals surface area contributed by atoms with Crippen LogP contribution in [0.2, 0.25) is 0 Å². The molecule has 0 atom stereocenters. The summed E-state index contributed by atoms with van der Waals surface area (Å²) in [6.45, 7) is 0. The topological polar surface area (TPSA) is 64.9 Å². The summed E-state index contributed by atoms with van der Waals surface area (Å²) in [7, 11) is 1.46. The second-order valence-corrected chi connectivity index (χ2v) is 3.35. The monoisotopic (exact) mass is 233 g/mol. The summed E-state index contributed by atoms with van der Waals surface area (Å²) < 4.78 is 0. The lowest BCUT2D eigenvalue weighted by atomic mass is 10.3. The molecule has 2 N–H and O–H groups in total. The number of anilines is 1. The summed E-state index contributed by atoms with van der Waals surface area (Å²) >= 11 is 4.10. The fourth-order valence-electron chi connectivity index (χ4n) is 1.06. The zero-order chi connectivity index (χ0) is 12.0. The highest BCUT2D eigenvalue weighted by Gasteiger charge is 2.11. The van der Waals surface area contributed by atoms with Gasteiger partial charge in [-0.3, -0.25) is 4.79 Å². The van der Waals surface area contributed by atoms with Gasteiger partial charge in [0.25, 0.3) is 5.91 Å². The van der Waals surface area contributed by atoms with Crippen molar-refractivity contribution >= 4 is 24.2 Å². The molecule has 1 amide bonds. The van der Waals surface area contributed by atoms with E-state index in [-0.39, 0.29) is 10.6 Å². The van der Waals surface area contributed by atoms with E-state index >= 15 is 0 Å². The van der Waals surface area contributed by atoms with Crippen LogP contribution in [0.25, 0.3) is 0 Å². The minimum absolute atomic E-state index is 0.0466. The number of nitriles is 1. The third kappa shape index (κ3) is 3.04. The molecule has 4 nitrogen and oxygen atoms in total. The Hall–Kier alpha value is -1.93. The maximum absolute atomic E-state index is 11.3. The zero-order valence-corrected chi connectivity index (χ0v) is 9.58. The van der Waals surface area contributed by atoms with Crippen LogP contribution < -0.4 is 10.6 Å². The first-order valence-corrected chi connectivity index (χ1v) is 5.01. The third-order valence-electron chi connectivity index (χ3n) is 1.84. The van der Waals surface area contributed by atoms with Gasteiger partial charge >= 0.3 is 0 Å². The molecule has 0 radical (unpaired) electrons. The van der Waals surface area contributed by atoms with E-state index in [0.29, 0.717) is 0 Å². The lowest BCUT2D eigenvalue weighted by Crippen LogP contribution is -2.21. The molecular weight excluding hydrogens is 222 g/mol. The van der Waals surface area contributed by atoms with Gasteiger partial charge in [0, 0.05) is 12.7 Å². The van der Waals surface area contributed by atoms with E-state index in [1.807, 2.05) is 30.3 Å². The van der Waals surface area contributed by atoms with Crippen molar-refractivity contribution in [2.24, 2.45) is 0 Å². The molecule has 1 rings (SSSR count). The number of nitrogens with one attached hydrogen (secondary N) is 2. The lowest BCUT2D eigenvalue weighted by molar-refractivity contribution is -0.116. The van der Waals surface area contributed by atoms with Crippen molar-refractivity contribution in [3.8, 4) is 6.07 Å². The smallest absolute Gasteiger partial charge is 0.264 e. The van der Waals surface area contributed by atoms with Crippen molar-refractivity contribution in [3.63, 3.8) is 0 Å². The number of hydrogen-bond donors (Lipinski definition) is 3. The maximum atomic E-state index is 11.3. The summed E-state index contributed by atoms with van der Waals surface area (Å²) in [5.74, 6) is -0.462. The first kappa shape index (κ1) is 12.1. The van der Waals surface area contributed by atoms with Gasteiger partial charge in [-0.25, -0.2) is 0 Å². The normalized spacial score (nSPS) is 11.1. The number of benzene rings is 1. The minimum Gasteiger partial charge on any atom is -0.354 e. The largest absolute Gasteiger partial charge is 0.354 e. The Morgan fingerprint density at radius 3 is 2.50 bits per heavy atom. The van der Waals surface area contributed by atoms with E-state index in [0.717, 1.165) is 5.69 Å². The van der Waals surface area contributed by atoms with Crippen LogP contribution in [0, 0.1) is 11.3 Å². The number of nitrogens with zero attached hydrogens (tertiary/aromatic N) is 1. The van der Waals surface area contributed by atoms with Crippen LogP contribution in [0.4, 0.5) is 5.69 Å². The summed E-state index contributed by atoms with van der Waals surface area (Å²) in [6.07, 6.45) is 0. The van der Waals surface area contributed by atoms with Gasteiger partial charge in [-0.05, 0) is 12.1 Å². The van der Waals surface area contributed by atoms with Crippen molar-refractivity contribution in [2.45, 2.75) is 0 Å². The van der Waals surface area contributed by atoms with Crippen LogP contribution in [0.1, 0.15) is 0 Å². The van der Waals surface area contributed by atoms with Gasteiger partial charge in [0.1, 0.15) is 11.6 Å². The molecule has 1 aromatic rings. The third-order valence-corrected chi connectivity index (χ3v) is 2.17.